The van der Waals surface area contributed by atoms with E-state index >= 15 is 0 Å². The minimum absolute atomic E-state index is 0.208. The van der Waals surface area contributed by atoms with Crippen molar-refractivity contribution in [3.8, 4) is 11.3 Å². The van der Waals surface area contributed by atoms with Gasteiger partial charge in [0, 0.05) is 24.7 Å². The second-order valence-electron chi connectivity index (χ2n) is 4.33. The molecule has 17 heavy (non-hydrogen) atoms. The van der Waals surface area contributed by atoms with Crippen LogP contribution in [0.15, 0.2) is 24.3 Å². The zero-order valence-electron chi connectivity index (χ0n) is 9.70. The number of hydrogen-bond acceptors (Lipinski definition) is 2. The van der Waals surface area contributed by atoms with Gasteiger partial charge in [-0.1, -0.05) is 0 Å². The number of rotatable bonds is 1. The van der Waals surface area contributed by atoms with Crippen LogP contribution in [0.3, 0.4) is 0 Å². The Hall–Kier alpha value is -1.68. The first kappa shape index (κ1) is 10.5. The van der Waals surface area contributed by atoms with E-state index in [-0.39, 0.29) is 5.82 Å². The third-order valence-corrected chi connectivity index (χ3v) is 3.24. The van der Waals surface area contributed by atoms with Gasteiger partial charge in [-0.2, -0.15) is 5.10 Å². The van der Waals surface area contributed by atoms with Crippen molar-refractivity contribution < 1.29 is 4.39 Å². The molecular weight excluding hydrogens is 217 g/mol. The largest absolute Gasteiger partial charge is 0.311 e. The molecule has 1 aliphatic rings. The minimum Gasteiger partial charge on any atom is -0.311 e. The zero-order chi connectivity index (χ0) is 11.8. The Morgan fingerprint density at radius 3 is 2.82 bits per heavy atom. The number of nitrogens with zero attached hydrogens (tertiary/aromatic N) is 2. The van der Waals surface area contributed by atoms with E-state index in [0.717, 1.165) is 30.8 Å². The highest BCUT2D eigenvalue weighted by Gasteiger charge is 2.19. The fourth-order valence-electron chi connectivity index (χ4n) is 2.35. The lowest BCUT2D eigenvalue weighted by atomic mass is 10.0. The molecule has 2 heterocycles. The molecule has 0 aliphatic carbocycles. The standard InChI is InChI=1S/C13H14FN3/c1-17-12-8-15-7-6-11(12)13(16-17)9-2-4-10(14)5-3-9/h2-5,15H,6-8H2,1H3. The number of aromatic nitrogens is 2. The topological polar surface area (TPSA) is 29.9 Å². The molecule has 0 saturated heterocycles. The Bertz CT molecular complexity index is 543. The highest BCUT2D eigenvalue weighted by molar-refractivity contribution is 5.64. The van der Waals surface area contributed by atoms with Crippen LogP contribution in [0.5, 0.6) is 0 Å². The smallest absolute Gasteiger partial charge is 0.123 e. The predicted molar refractivity (Wildman–Crippen MR) is 64.0 cm³/mol. The van der Waals surface area contributed by atoms with Gasteiger partial charge < -0.3 is 5.32 Å². The van der Waals surface area contributed by atoms with Crippen molar-refractivity contribution in [1.82, 2.24) is 15.1 Å². The van der Waals surface area contributed by atoms with E-state index < -0.39 is 0 Å². The van der Waals surface area contributed by atoms with Crippen LogP contribution in [0.4, 0.5) is 4.39 Å². The van der Waals surface area contributed by atoms with Gasteiger partial charge in [-0.3, -0.25) is 4.68 Å². The summed E-state index contributed by atoms with van der Waals surface area (Å²) < 4.78 is 14.8. The molecule has 0 unspecified atom stereocenters. The quantitative estimate of drug-likeness (QED) is 0.812. The monoisotopic (exact) mass is 231 g/mol. The van der Waals surface area contributed by atoms with Crippen molar-refractivity contribution in [3.63, 3.8) is 0 Å². The van der Waals surface area contributed by atoms with Crippen LogP contribution in [0.1, 0.15) is 11.3 Å². The Balaban J connectivity index is 2.11. The van der Waals surface area contributed by atoms with Gasteiger partial charge in [0.15, 0.2) is 0 Å². The molecule has 1 aliphatic heterocycles. The molecule has 0 radical (unpaired) electrons. The maximum atomic E-state index is 12.9. The molecule has 0 spiro atoms. The predicted octanol–water partition coefficient (Wildman–Crippen LogP) is 1.87. The van der Waals surface area contributed by atoms with E-state index in [9.17, 15) is 4.39 Å². The molecule has 88 valence electrons. The van der Waals surface area contributed by atoms with Crippen molar-refractivity contribution in [3.05, 3.63) is 41.3 Å². The SMILES string of the molecule is Cn1nc(-c2ccc(F)cc2)c2c1CNCC2. The summed E-state index contributed by atoms with van der Waals surface area (Å²) in [5, 5.41) is 7.88. The van der Waals surface area contributed by atoms with Crippen LogP contribution in [-0.2, 0) is 20.0 Å². The first-order valence-corrected chi connectivity index (χ1v) is 5.77. The number of fused-ring (bicyclic) bond motifs is 1. The molecule has 4 heteroatoms. The maximum absolute atomic E-state index is 12.9. The summed E-state index contributed by atoms with van der Waals surface area (Å²) in [6, 6.07) is 6.55. The van der Waals surface area contributed by atoms with Crippen LogP contribution in [-0.4, -0.2) is 16.3 Å². The van der Waals surface area contributed by atoms with Gasteiger partial charge >= 0.3 is 0 Å². The van der Waals surface area contributed by atoms with Crippen LogP contribution >= 0.6 is 0 Å². The van der Waals surface area contributed by atoms with Crippen LogP contribution in [0, 0.1) is 5.82 Å². The van der Waals surface area contributed by atoms with Gasteiger partial charge in [0.05, 0.1) is 11.4 Å². The first-order chi connectivity index (χ1) is 8.25. The second kappa shape index (κ2) is 3.96. The minimum atomic E-state index is -0.208. The van der Waals surface area contributed by atoms with Crippen molar-refractivity contribution in [2.75, 3.05) is 6.54 Å². The Morgan fingerprint density at radius 2 is 2.06 bits per heavy atom. The average Bonchev–Trinajstić information content (AvgIpc) is 2.69. The molecule has 3 nitrogen and oxygen atoms in total. The molecule has 1 aromatic carbocycles. The first-order valence-electron chi connectivity index (χ1n) is 5.77. The number of benzene rings is 1. The Morgan fingerprint density at radius 1 is 1.29 bits per heavy atom. The average molecular weight is 231 g/mol. The highest BCUT2D eigenvalue weighted by atomic mass is 19.1. The second-order valence-corrected chi connectivity index (χ2v) is 4.33. The fraction of sp³-hybridized carbons (Fsp3) is 0.308. The molecule has 1 aromatic heterocycles. The van der Waals surface area contributed by atoms with Crippen molar-refractivity contribution >= 4 is 0 Å². The van der Waals surface area contributed by atoms with Crippen LogP contribution in [0.2, 0.25) is 0 Å². The van der Waals surface area contributed by atoms with E-state index in [1.165, 1.54) is 23.4 Å². The lowest BCUT2D eigenvalue weighted by Crippen LogP contribution is -2.24. The lowest BCUT2D eigenvalue weighted by Gasteiger charge is -2.14. The van der Waals surface area contributed by atoms with Gasteiger partial charge in [0.25, 0.3) is 0 Å². The Labute approximate surface area is 99.3 Å². The van der Waals surface area contributed by atoms with Gasteiger partial charge in [0.1, 0.15) is 5.82 Å². The number of halogens is 1. The molecule has 2 aromatic rings. The Kier molecular flexibility index (Phi) is 2.44. The van der Waals surface area contributed by atoms with E-state index in [4.69, 9.17) is 0 Å². The number of hydrogen-bond donors (Lipinski definition) is 1. The van der Waals surface area contributed by atoms with E-state index in [2.05, 4.69) is 10.4 Å². The molecule has 0 saturated carbocycles. The van der Waals surface area contributed by atoms with Gasteiger partial charge in [-0.05, 0) is 37.2 Å². The number of aryl methyl sites for hydroxylation is 1. The molecule has 1 N–H and O–H groups in total. The van der Waals surface area contributed by atoms with E-state index in [0.29, 0.717) is 0 Å². The molecule has 0 amide bonds. The summed E-state index contributed by atoms with van der Waals surface area (Å²) in [6.07, 6.45) is 0.982. The van der Waals surface area contributed by atoms with Crippen molar-refractivity contribution in [2.24, 2.45) is 7.05 Å². The number of nitrogens with one attached hydrogen (secondary N) is 1. The summed E-state index contributed by atoms with van der Waals surface area (Å²) in [4.78, 5) is 0. The van der Waals surface area contributed by atoms with Crippen LogP contribution < -0.4 is 5.32 Å². The summed E-state index contributed by atoms with van der Waals surface area (Å²) in [5.74, 6) is -0.208. The highest BCUT2D eigenvalue weighted by Crippen LogP contribution is 2.27. The van der Waals surface area contributed by atoms with Crippen molar-refractivity contribution in [2.45, 2.75) is 13.0 Å². The van der Waals surface area contributed by atoms with Gasteiger partial charge in [-0.15, -0.1) is 0 Å². The summed E-state index contributed by atoms with van der Waals surface area (Å²) in [7, 11) is 1.96. The van der Waals surface area contributed by atoms with Gasteiger partial charge in [0.2, 0.25) is 0 Å². The van der Waals surface area contributed by atoms with Crippen molar-refractivity contribution in [1.29, 1.82) is 0 Å². The molecule has 0 fully saturated rings. The van der Waals surface area contributed by atoms with E-state index in [1.807, 2.05) is 11.7 Å². The van der Waals surface area contributed by atoms with Gasteiger partial charge in [-0.25, -0.2) is 4.39 Å². The third-order valence-electron chi connectivity index (χ3n) is 3.24. The lowest BCUT2D eigenvalue weighted by molar-refractivity contribution is 0.593. The molecular formula is C13H14FN3. The third kappa shape index (κ3) is 1.74. The van der Waals surface area contributed by atoms with E-state index in [1.54, 1.807) is 12.1 Å². The summed E-state index contributed by atoms with van der Waals surface area (Å²) >= 11 is 0. The van der Waals surface area contributed by atoms with Crippen LogP contribution in [0.25, 0.3) is 11.3 Å². The maximum Gasteiger partial charge on any atom is 0.123 e. The molecule has 3 rings (SSSR count). The zero-order valence-corrected chi connectivity index (χ0v) is 9.70. The molecule has 0 bridgehead atoms. The fourth-order valence-corrected chi connectivity index (χ4v) is 2.35. The normalized spacial score (nSPS) is 14.7. The molecule has 0 atom stereocenters. The summed E-state index contributed by atoms with van der Waals surface area (Å²) in [6.45, 7) is 1.84. The summed E-state index contributed by atoms with van der Waals surface area (Å²) in [5.41, 5.74) is 4.50.